The van der Waals surface area contributed by atoms with E-state index >= 15 is 0 Å². The van der Waals surface area contributed by atoms with Crippen molar-refractivity contribution in [3.8, 4) is 0 Å². The van der Waals surface area contributed by atoms with E-state index in [4.69, 9.17) is 52.1 Å². The quantitative estimate of drug-likeness (QED) is 0.0524. The highest BCUT2D eigenvalue weighted by atomic mass is 16.6. The Labute approximate surface area is 279 Å². The van der Waals surface area contributed by atoms with E-state index < -0.39 is 5.97 Å². The first-order valence-corrected chi connectivity index (χ1v) is 17.3. The lowest BCUT2D eigenvalue weighted by atomic mass is 10.1. The summed E-state index contributed by atoms with van der Waals surface area (Å²) in [7, 11) is 0. The van der Waals surface area contributed by atoms with Crippen molar-refractivity contribution in [2.45, 2.75) is 65.2 Å². The minimum Gasteiger partial charge on any atom is -0.460 e. The molecular weight excluding hydrogens is 600 g/mol. The number of rotatable bonds is 40. The molecule has 0 aromatic carbocycles. The highest BCUT2D eigenvalue weighted by molar-refractivity contribution is 5.86. The van der Waals surface area contributed by atoms with Crippen LogP contribution in [0.15, 0.2) is 12.2 Å². The molecule has 0 bridgehead atoms. The highest BCUT2D eigenvalue weighted by Crippen LogP contribution is 2.08. The predicted octanol–water partition coefficient (Wildman–Crippen LogP) is 4.41. The lowest BCUT2D eigenvalue weighted by molar-refractivity contribution is -0.140. The number of esters is 1. The van der Waals surface area contributed by atoms with Crippen LogP contribution >= 0.6 is 0 Å². The summed E-state index contributed by atoms with van der Waals surface area (Å²) in [5.74, 6) is -0.410. The smallest absolute Gasteiger partial charge is 0.333 e. The van der Waals surface area contributed by atoms with Gasteiger partial charge in [0.05, 0.1) is 126 Å². The molecule has 0 atom stereocenters. The van der Waals surface area contributed by atoms with Crippen LogP contribution in [0.2, 0.25) is 0 Å². The Bertz CT molecular complexity index is 623. The maximum Gasteiger partial charge on any atom is 0.333 e. The summed E-state index contributed by atoms with van der Waals surface area (Å²) in [5, 5.41) is 0. The zero-order valence-corrected chi connectivity index (χ0v) is 29.1. The predicted molar refractivity (Wildman–Crippen MR) is 177 cm³/mol. The molecular formula is C34H66O12. The van der Waals surface area contributed by atoms with Gasteiger partial charge in [0.1, 0.15) is 6.61 Å². The third-order valence-electron chi connectivity index (χ3n) is 6.30. The molecule has 12 heteroatoms. The molecule has 0 unspecified atom stereocenters. The van der Waals surface area contributed by atoms with E-state index in [0.29, 0.717) is 131 Å². The van der Waals surface area contributed by atoms with Gasteiger partial charge < -0.3 is 52.1 Å². The van der Waals surface area contributed by atoms with Crippen LogP contribution in [0.25, 0.3) is 0 Å². The van der Waals surface area contributed by atoms with Crippen LogP contribution in [0, 0.1) is 0 Å². The fourth-order valence-electron chi connectivity index (χ4n) is 3.74. The van der Waals surface area contributed by atoms with Gasteiger partial charge >= 0.3 is 5.97 Å². The molecule has 0 saturated carbocycles. The van der Waals surface area contributed by atoms with E-state index in [1.54, 1.807) is 6.92 Å². The van der Waals surface area contributed by atoms with Crippen molar-refractivity contribution in [1.82, 2.24) is 0 Å². The van der Waals surface area contributed by atoms with E-state index in [0.717, 1.165) is 13.0 Å². The van der Waals surface area contributed by atoms with Crippen molar-refractivity contribution < 1.29 is 56.9 Å². The van der Waals surface area contributed by atoms with Gasteiger partial charge in [0.15, 0.2) is 0 Å². The number of ether oxygens (including phenoxy) is 11. The second-order valence-electron chi connectivity index (χ2n) is 10.5. The van der Waals surface area contributed by atoms with Gasteiger partial charge in [-0.25, -0.2) is 4.79 Å². The maximum absolute atomic E-state index is 11.2. The molecule has 0 aliphatic rings. The van der Waals surface area contributed by atoms with E-state index in [-0.39, 0.29) is 6.61 Å². The van der Waals surface area contributed by atoms with Crippen LogP contribution in [0.3, 0.4) is 0 Å². The lowest BCUT2D eigenvalue weighted by Crippen LogP contribution is -2.15. The summed E-state index contributed by atoms with van der Waals surface area (Å²) in [6.45, 7) is 18.0. The minimum absolute atomic E-state index is 0.203. The molecule has 0 N–H and O–H groups in total. The zero-order chi connectivity index (χ0) is 33.4. The SMILES string of the molecule is C=C(C)C(=O)OCCOCCOCCOCCOCCOCCOCCOCCOCCOCCOCCCCCCCCCC. The first-order chi connectivity index (χ1) is 22.7. The number of carbonyl (C=O) groups excluding carboxylic acids is 1. The minimum atomic E-state index is -0.410. The summed E-state index contributed by atoms with van der Waals surface area (Å²) >= 11 is 0. The van der Waals surface area contributed by atoms with Crippen LogP contribution in [0.5, 0.6) is 0 Å². The molecule has 274 valence electrons. The van der Waals surface area contributed by atoms with Crippen LogP contribution in [0.4, 0.5) is 0 Å². The summed E-state index contributed by atoms with van der Waals surface area (Å²) < 4.78 is 59.6. The maximum atomic E-state index is 11.2. The Morgan fingerprint density at radius 3 is 0.891 bits per heavy atom. The second-order valence-corrected chi connectivity index (χ2v) is 10.5. The van der Waals surface area contributed by atoms with Crippen molar-refractivity contribution in [2.24, 2.45) is 0 Å². The number of carbonyl (C=O) groups is 1. The summed E-state index contributed by atoms with van der Waals surface area (Å²) in [5.41, 5.74) is 0.373. The van der Waals surface area contributed by atoms with E-state index in [1.807, 2.05) is 0 Å². The third kappa shape index (κ3) is 39.0. The van der Waals surface area contributed by atoms with E-state index in [2.05, 4.69) is 13.5 Å². The average Bonchev–Trinajstić information content (AvgIpc) is 3.05. The normalized spacial score (nSPS) is 11.3. The Kier molecular flexibility index (Phi) is 39.0. The molecule has 0 aliphatic carbocycles. The van der Waals surface area contributed by atoms with Crippen LogP contribution in [-0.4, -0.2) is 145 Å². The van der Waals surface area contributed by atoms with Crippen LogP contribution in [0.1, 0.15) is 65.2 Å². The third-order valence-corrected chi connectivity index (χ3v) is 6.30. The van der Waals surface area contributed by atoms with Gasteiger partial charge in [-0.1, -0.05) is 58.4 Å². The van der Waals surface area contributed by atoms with Crippen molar-refractivity contribution in [1.29, 1.82) is 0 Å². The summed E-state index contributed by atoms with van der Waals surface area (Å²) in [6.07, 6.45) is 10.5. The standard InChI is InChI=1S/C34H66O12/c1-4-5-6-7-8-9-10-11-12-36-13-14-37-15-16-38-17-18-39-19-20-40-21-22-41-23-24-42-25-26-43-27-28-44-29-30-45-31-32-46-34(35)33(2)3/h2,4-32H2,1,3H3. The van der Waals surface area contributed by atoms with Gasteiger partial charge in [0, 0.05) is 12.2 Å². The molecule has 0 heterocycles. The number of hydrogen-bond donors (Lipinski definition) is 0. The number of hydrogen-bond acceptors (Lipinski definition) is 12. The molecule has 12 nitrogen and oxygen atoms in total. The van der Waals surface area contributed by atoms with Gasteiger partial charge in [-0.3, -0.25) is 0 Å². The fourth-order valence-corrected chi connectivity index (χ4v) is 3.74. The average molecular weight is 667 g/mol. The van der Waals surface area contributed by atoms with Crippen molar-refractivity contribution in [3.05, 3.63) is 12.2 Å². The molecule has 0 fully saturated rings. The second kappa shape index (κ2) is 40.0. The van der Waals surface area contributed by atoms with Gasteiger partial charge in [-0.2, -0.15) is 0 Å². The highest BCUT2D eigenvalue weighted by Gasteiger charge is 2.02. The summed E-state index contributed by atoms with van der Waals surface area (Å²) in [4.78, 5) is 11.2. The molecule has 0 aliphatic heterocycles. The Hall–Kier alpha value is -1.19. The summed E-state index contributed by atoms with van der Waals surface area (Å²) in [6, 6.07) is 0. The van der Waals surface area contributed by atoms with E-state index in [1.165, 1.54) is 44.9 Å². The first-order valence-electron chi connectivity index (χ1n) is 17.3. The van der Waals surface area contributed by atoms with E-state index in [9.17, 15) is 4.79 Å². The Morgan fingerprint density at radius 2 is 0.609 bits per heavy atom. The van der Waals surface area contributed by atoms with Gasteiger partial charge in [0.2, 0.25) is 0 Å². The Balaban J connectivity index is 3.06. The lowest BCUT2D eigenvalue weighted by Gasteiger charge is -2.09. The fraction of sp³-hybridized carbons (Fsp3) is 0.912. The van der Waals surface area contributed by atoms with Gasteiger partial charge in [0.25, 0.3) is 0 Å². The monoisotopic (exact) mass is 666 g/mol. The molecule has 0 rings (SSSR count). The molecule has 0 aromatic rings. The molecule has 0 radical (unpaired) electrons. The van der Waals surface area contributed by atoms with Gasteiger partial charge in [-0.05, 0) is 13.3 Å². The first kappa shape index (κ1) is 44.8. The molecule has 0 amide bonds. The molecule has 0 aromatic heterocycles. The number of unbranched alkanes of at least 4 members (excludes halogenated alkanes) is 7. The van der Waals surface area contributed by atoms with Crippen molar-refractivity contribution in [3.63, 3.8) is 0 Å². The largest absolute Gasteiger partial charge is 0.460 e. The zero-order valence-electron chi connectivity index (χ0n) is 29.1. The van der Waals surface area contributed by atoms with Gasteiger partial charge in [-0.15, -0.1) is 0 Å². The Morgan fingerprint density at radius 1 is 0.370 bits per heavy atom. The molecule has 46 heavy (non-hydrogen) atoms. The van der Waals surface area contributed by atoms with Crippen molar-refractivity contribution >= 4 is 5.97 Å². The topological polar surface area (TPSA) is 119 Å². The van der Waals surface area contributed by atoms with Crippen molar-refractivity contribution in [2.75, 3.05) is 139 Å². The molecule has 0 saturated heterocycles. The van der Waals surface area contributed by atoms with Crippen LogP contribution < -0.4 is 0 Å². The van der Waals surface area contributed by atoms with Crippen LogP contribution in [-0.2, 0) is 56.9 Å². The molecule has 0 spiro atoms.